The lowest BCUT2D eigenvalue weighted by molar-refractivity contribution is 0.148. The predicted octanol–water partition coefficient (Wildman–Crippen LogP) is 3.56. The van der Waals surface area contributed by atoms with Crippen molar-refractivity contribution in [1.29, 1.82) is 0 Å². The lowest BCUT2D eigenvalue weighted by Gasteiger charge is -2.28. The van der Waals surface area contributed by atoms with Gasteiger partial charge < -0.3 is 9.47 Å². The molecule has 0 amide bonds. The summed E-state index contributed by atoms with van der Waals surface area (Å²) in [5.41, 5.74) is 0. The first-order valence-corrected chi connectivity index (χ1v) is 11.7. The van der Waals surface area contributed by atoms with Gasteiger partial charge >= 0.3 is 0 Å². The highest BCUT2D eigenvalue weighted by Crippen LogP contribution is 2.30. The van der Waals surface area contributed by atoms with E-state index in [0.717, 1.165) is 42.9 Å². The standard InChI is InChI=1S/C20H26N2O4S2/c21-27-19-9-5-17(6-10-19)25-13-15-1-3-16(4-2-15)14-26-18-7-11-20(12-8-18)28(22,23)24/h5-12,15-16H,1-4,13-14,21H2,(H2,22,23,24). The van der Waals surface area contributed by atoms with Gasteiger partial charge in [0.2, 0.25) is 10.0 Å². The largest absolute Gasteiger partial charge is 0.493 e. The molecule has 1 saturated carbocycles. The van der Waals surface area contributed by atoms with E-state index in [2.05, 4.69) is 0 Å². The van der Waals surface area contributed by atoms with Gasteiger partial charge in [-0.3, -0.25) is 5.14 Å². The molecular formula is C20H26N2O4S2. The first-order chi connectivity index (χ1) is 13.4. The van der Waals surface area contributed by atoms with Gasteiger partial charge in [0, 0.05) is 4.90 Å². The highest BCUT2D eigenvalue weighted by molar-refractivity contribution is 7.97. The molecule has 0 unspecified atom stereocenters. The van der Waals surface area contributed by atoms with Crippen molar-refractivity contribution in [2.24, 2.45) is 22.1 Å². The SMILES string of the molecule is NSc1ccc(OCC2CCC(COc3ccc(S(N)(=O)=O)cc3)CC2)cc1. The normalized spacial score (nSPS) is 19.9. The number of nitrogens with two attached hydrogens (primary N) is 2. The second-order valence-electron chi connectivity index (χ2n) is 7.11. The number of hydrogen-bond donors (Lipinski definition) is 2. The topological polar surface area (TPSA) is 105 Å². The van der Waals surface area contributed by atoms with Gasteiger partial charge in [-0.05, 0) is 98.0 Å². The van der Waals surface area contributed by atoms with Crippen LogP contribution in [-0.2, 0) is 10.0 Å². The molecule has 4 N–H and O–H groups in total. The van der Waals surface area contributed by atoms with E-state index in [1.54, 1.807) is 12.1 Å². The third-order valence-electron chi connectivity index (χ3n) is 5.05. The molecule has 28 heavy (non-hydrogen) atoms. The molecule has 3 rings (SSSR count). The second kappa shape index (κ2) is 9.65. The quantitative estimate of drug-likeness (QED) is 0.630. The molecule has 1 aliphatic rings. The van der Waals surface area contributed by atoms with Gasteiger partial charge in [0.15, 0.2) is 0 Å². The monoisotopic (exact) mass is 422 g/mol. The first-order valence-electron chi connectivity index (χ1n) is 9.29. The Balaban J connectivity index is 1.38. The van der Waals surface area contributed by atoms with E-state index in [9.17, 15) is 8.42 Å². The molecule has 0 saturated heterocycles. The van der Waals surface area contributed by atoms with E-state index in [1.807, 2.05) is 24.3 Å². The van der Waals surface area contributed by atoms with Gasteiger partial charge in [-0.1, -0.05) is 0 Å². The maximum atomic E-state index is 11.3. The number of sulfonamides is 1. The van der Waals surface area contributed by atoms with Crippen LogP contribution < -0.4 is 19.8 Å². The van der Waals surface area contributed by atoms with Crippen LogP contribution in [0.25, 0.3) is 0 Å². The van der Waals surface area contributed by atoms with Crippen LogP contribution in [-0.4, -0.2) is 21.6 Å². The molecule has 6 nitrogen and oxygen atoms in total. The average molecular weight is 423 g/mol. The molecule has 0 aromatic heterocycles. The highest BCUT2D eigenvalue weighted by atomic mass is 32.2. The molecule has 1 aliphatic carbocycles. The van der Waals surface area contributed by atoms with Crippen LogP contribution in [0.4, 0.5) is 0 Å². The maximum absolute atomic E-state index is 11.3. The molecule has 152 valence electrons. The van der Waals surface area contributed by atoms with E-state index in [-0.39, 0.29) is 4.90 Å². The van der Waals surface area contributed by atoms with Crippen LogP contribution >= 0.6 is 11.9 Å². The third-order valence-corrected chi connectivity index (χ3v) is 6.52. The van der Waals surface area contributed by atoms with Gasteiger partial charge in [0.05, 0.1) is 18.1 Å². The van der Waals surface area contributed by atoms with Gasteiger partial charge in [0.1, 0.15) is 11.5 Å². The van der Waals surface area contributed by atoms with Gasteiger partial charge in [-0.25, -0.2) is 13.6 Å². The van der Waals surface area contributed by atoms with Gasteiger partial charge in [0.25, 0.3) is 0 Å². The average Bonchev–Trinajstić information content (AvgIpc) is 2.71. The minimum Gasteiger partial charge on any atom is -0.493 e. The molecule has 2 aromatic rings. The Bertz CT molecular complexity index is 847. The van der Waals surface area contributed by atoms with Crippen LogP contribution in [0, 0.1) is 11.8 Å². The molecule has 0 atom stereocenters. The Kier molecular flexibility index (Phi) is 7.23. The fourth-order valence-corrected chi connectivity index (χ4v) is 4.14. The summed E-state index contributed by atoms with van der Waals surface area (Å²) in [7, 11) is -3.66. The smallest absolute Gasteiger partial charge is 0.238 e. The Morgan fingerprint density at radius 2 is 1.25 bits per heavy atom. The van der Waals surface area contributed by atoms with Crippen LogP contribution in [0.2, 0.25) is 0 Å². The highest BCUT2D eigenvalue weighted by Gasteiger charge is 2.22. The lowest BCUT2D eigenvalue weighted by atomic mass is 9.83. The fraction of sp³-hybridized carbons (Fsp3) is 0.400. The van der Waals surface area contributed by atoms with Crippen LogP contribution in [0.5, 0.6) is 11.5 Å². The number of benzene rings is 2. The summed E-state index contributed by atoms with van der Waals surface area (Å²) in [6.07, 6.45) is 4.45. The van der Waals surface area contributed by atoms with Crippen LogP contribution in [0.15, 0.2) is 58.3 Å². The van der Waals surface area contributed by atoms with E-state index in [0.29, 0.717) is 24.2 Å². The van der Waals surface area contributed by atoms with Crippen molar-refractivity contribution in [3.8, 4) is 11.5 Å². The van der Waals surface area contributed by atoms with E-state index < -0.39 is 10.0 Å². The van der Waals surface area contributed by atoms with Gasteiger partial charge in [-0.15, -0.1) is 0 Å². The van der Waals surface area contributed by atoms with Crippen molar-refractivity contribution in [2.45, 2.75) is 35.5 Å². The molecule has 8 heteroatoms. The lowest BCUT2D eigenvalue weighted by Crippen LogP contribution is -2.23. The molecule has 0 radical (unpaired) electrons. The fourth-order valence-electron chi connectivity index (χ4n) is 3.33. The Morgan fingerprint density at radius 1 is 0.821 bits per heavy atom. The van der Waals surface area contributed by atoms with Crippen LogP contribution in [0.1, 0.15) is 25.7 Å². The Morgan fingerprint density at radius 3 is 1.64 bits per heavy atom. The Hall–Kier alpha value is -1.74. The number of rotatable bonds is 8. The van der Waals surface area contributed by atoms with E-state index >= 15 is 0 Å². The van der Waals surface area contributed by atoms with E-state index in [4.69, 9.17) is 19.8 Å². The number of ether oxygens (including phenoxy) is 2. The summed E-state index contributed by atoms with van der Waals surface area (Å²) in [6.45, 7) is 1.37. The minimum atomic E-state index is -3.66. The van der Waals surface area contributed by atoms with Crippen molar-refractivity contribution in [3.63, 3.8) is 0 Å². The van der Waals surface area contributed by atoms with Crippen molar-refractivity contribution in [3.05, 3.63) is 48.5 Å². The Labute approximate surface area is 170 Å². The molecular weight excluding hydrogens is 396 g/mol. The zero-order valence-corrected chi connectivity index (χ0v) is 17.3. The number of hydrogen-bond acceptors (Lipinski definition) is 6. The van der Waals surface area contributed by atoms with Crippen molar-refractivity contribution in [2.75, 3.05) is 13.2 Å². The van der Waals surface area contributed by atoms with Crippen LogP contribution in [0.3, 0.4) is 0 Å². The predicted molar refractivity (Wildman–Crippen MR) is 111 cm³/mol. The van der Waals surface area contributed by atoms with Gasteiger partial charge in [-0.2, -0.15) is 0 Å². The second-order valence-corrected chi connectivity index (χ2v) is 9.38. The zero-order chi connectivity index (χ0) is 20.0. The molecule has 0 aliphatic heterocycles. The van der Waals surface area contributed by atoms with Crippen molar-refractivity contribution in [1.82, 2.24) is 0 Å². The summed E-state index contributed by atoms with van der Waals surface area (Å²) in [5, 5.41) is 10.6. The first kappa shape index (κ1) is 21.0. The number of primary sulfonamides is 1. The summed E-state index contributed by atoms with van der Waals surface area (Å²) >= 11 is 1.23. The maximum Gasteiger partial charge on any atom is 0.238 e. The van der Waals surface area contributed by atoms with Crippen molar-refractivity contribution < 1.29 is 17.9 Å². The summed E-state index contributed by atoms with van der Waals surface area (Å²) in [4.78, 5) is 1.11. The van der Waals surface area contributed by atoms with Crippen molar-refractivity contribution >= 4 is 22.0 Å². The van der Waals surface area contributed by atoms with E-state index in [1.165, 1.54) is 24.1 Å². The summed E-state index contributed by atoms with van der Waals surface area (Å²) < 4.78 is 34.3. The molecule has 2 aromatic carbocycles. The molecule has 0 bridgehead atoms. The zero-order valence-electron chi connectivity index (χ0n) is 15.6. The summed E-state index contributed by atoms with van der Waals surface area (Å²) in [6, 6.07) is 14.1. The third kappa shape index (κ3) is 6.13. The molecule has 0 heterocycles. The molecule has 1 fully saturated rings. The minimum absolute atomic E-state index is 0.0942. The summed E-state index contributed by atoms with van der Waals surface area (Å²) in [5.74, 6) is 2.62. The molecule has 0 spiro atoms.